The first-order valence-electron chi connectivity index (χ1n) is 9.93. The molecule has 0 aromatic heterocycles. The van der Waals surface area contributed by atoms with E-state index in [2.05, 4.69) is 35.3 Å². The smallest absolute Gasteiger partial charge is 0.321 e. The highest BCUT2D eigenvalue weighted by Crippen LogP contribution is 2.28. The van der Waals surface area contributed by atoms with Crippen LogP contribution in [0.4, 0.5) is 10.5 Å². The Morgan fingerprint density at radius 3 is 2.68 bits per heavy atom. The van der Waals surface area contributed by atoms with E-state index in [1.54, 1.807) is 16.7 Å². The molecule has 0 bridgehead atoms. The van der Waals surface area contributed by atoms with Crippen molar-refractivity contribution < 1.29 is 4.79 Å². The van der Waals surface area contributed by atoms with Crippen molar-refractivity contribution in [3.63, 3.8) is 0 Å². The Balaban J connectivity index is 1.83. The maximum Gasteiger partial charge on any atom is 0.321 e. The van der Waals surface area contributed by atoms with Crippen LogP contribution in [0.1, 0.15) is 19.8 Å². The lowest BCUT2D eigenvalue weighted by Crippen LogP contribution is -2.45. The molecule has 6 nitrogen and oxygen atoms in total. The van der Waals surface area contributed by atoms with Crippen LogP contribution < -0.4 is 5.32 Å². The topological polar surface area (TPSA) is 62.6 Å². The number of nitrogens with zero attached hydrogens (tertiary/aromatic N) is 4. The molecule has 154 valence electrons. The number of rotatable bonds is 8. The number of hydrogen-bond donors (Lipinski definition) is 1. The Kier molecular flexibility index (Phi) is 9.10. The van der Waals surface area contributed by atoms with Crippen LogP contribution >= 0.6 is 11.8 Å². The number of thioether (sulfide) groups is 1. The Hall–Kier alpha value is -1.75. The minimum Gasteiger partial charge on any atom is -0.326 e. The van der Waals surface area contributed by atoms with Gasteiger partial charge in [0, 0.05) is 36.8 Å². The van der Waals surface area contributed by atoms with E-state index in [4.69, 9.17) is 5.26 Å². The third-order valence-electron chi connectivity index (χ3n) is 5.28. The number of anilines is 1. The quantitative estimate of drug-likeness (QED) is 0.674. The highest BCUT2D eigenvalue weighted by atomic mass is 32.2. The van der Waals surface area contributed by atoms with Crippen molar-refractivity contribution in [2.24, 2.45) is 5.92 Å². The predicted molar refractivity (Wildman–Crippen MR) is 117 cm³/mol. The van der Waals surface area contributed by atoms with Crippen molar-refractivity contribution in [2.75, 3.05) is 58.4 Å². The van der Waals surface area contributed by atoms with Gasteiger partial charge in [-0.25, -0.2) is 4.79 Å². The number of nitrogens with one attached hydrogen (secondary N) is 1. The van der Waals surface area contributed by atoms with Crippen LogP contribution in [0, 0.1) is 17.2 Å². The highest BCUT2D eigenvalue weighted by Gasteiger charge is 2.21. The summed E-state index contributed by atoms with van der Waals surface area (Å²) in [5, 5.41) is 12.0. The van der Waals surface area contributed by atoms with Gasteiger partial charge in [-0.05, 0) is 59.1 Å². The van der Waals surface area contributed by atoms with Crippen molar-refractivity contribution in [3.8, 4) is 6.07 Å². The zero-order valence-corrected chi connectivity index (χ0v) is 18.3. The average molecular weight is 404 g/mol. The number of benzene rings is 1. The molecule has 1 heterocycles. The van der Waals surface area contributed by atoms with Crippen LogP contribution in [0.15, 0.2) is 29.2 Å². The molecule has 0 radical (unpaired) electrons. The molecule has 1 atom stereocenters. The standard InChI is InChI=1S/C21H33N5OS/c1-17(15-22)16-28-20-8-6-5-7-19(20)23-21(27)26(4)14-13-25(3)18-9-11-24(2)12-10-18/h5-8,17-18H,9-14,16H2,1-4H3,(H,23,27). The molecule has 1 aromatic rings. The van der Waals surface area contributed by atoms with Gasteiger partial charge < -0.3 is 20.0 Å². The van der Waals surface area contributed by atoms with Crippen LogP contribution in [-0.4, -0.2) is 79.8 Å². The van der Waals surface area contributed by atoms with Gasteiger partial charge in [0.05, 0.1) is 17.7 Å². The van der Waals surface area contributed by atoms with Gasteiger partial charge >= 0.3 is 6.03 Å². The van der Waals surface area contributed by atoms with E-state index in [-0.39, 0.29) is 11.9 Å². The summed E-state index contributed by atoms with van der Waals surface area (Å²) >= 11 is 1.60. The number of amides is 2. The summed E-state index contributed by atoms with van der Waals surface area (Å²) in [7, 11) is 6.17. The molecular weight excluding hydrogens is 370 g/mol. The summed E-state index contributed by atoms with van der Waals surface area (Å²) in [6.45, 7) is 5.75. The number of carbonyl (C=O) groups excluding carboxylic acids is 1. The fourth-order valence-corrected chi connectivity index (χ4v) is 4.14. The molecule has 1 unspecified atom stereocenters. The van der Waals surface area contributed by atoms with E-state index in [1.807, 2.05) is 38.2 Å². The van der Waals surface area contributed by atoms with Gasteiger partial charge in [0.2, 0.25) is 0 Å². The van der Waals surface area contributed by atoms with Crippen LogP contribution in [0.5, 0.6) is 0 Å². The summed E-state index contributed by atoms with van der Waals surface area (Å²) in [5.41, 5.74) is 0.804. The summed E-state index contributed by atoms with van der Waals surface area (Å²) < 4.78 is 0. The summed E-state index contributed by atoms with van der Waals surface area (Å²) in [5.74, 6) is 0.687. The molecule has 0 saturated carbocycles. The minimum absolute atomic E-state index is 0.0217. The van der Waals surface area contributed by atoms with Crippen molar-refractivity contribution >= 4 is 23.5 Å². The van der Waals surface area contributed by atoms with E-state index < -0.39 is 0 Å². The molecule has 2 amide bonds. The number of para-hydroxylation sites is 1. The van der Waals surface area contributed by atoms with Gasteiger partial charge in [0.25, 0.3) is 0 Å². The lowest BCUT2D eigenvalue weighted by Gasteiger charge is -2.35. The van der Waals surface area contributed by atoms with Gasteiger partial charge in [-0.2, -0.15) is 5.26 Å². The second kappa shape index (κ2) is 11.3. The van der Waals surface area contributed by atoms with Crippen LogP contribution in [0.2, 0.25) is 0 Å². The predicted octanol–water partition coefficient (Wildman–Crippen LogP) is 3.43. The normalized spacial score (nSPS) is 16.6. The molecule has 0 spiro atoms. The molecule has 1 fully saturated rings. The lowest BCUT2D eigenvalue weighted by molar-refractivity contribution is 0.136. The average Bonchev–Trinajstić information content (AvgIpc) is 2.71. The number of hydrogen-bond acceptors (Lipinski definition) is 5. The first kappa shape index (κ1) is 22.5. The zero-order chi connectivity index (χ0) is 20.5. The van der Waals surface area contributed by atoms with Gasteiger partial charge in [0.15, 0.2) is 0 Å². The Morgan fingerprint density at radius 1 is 1.32 bits per heavy atom. The number of likely N-dealkylation sites (N-methyl/N-ethyl adjacent to an activating group) is 2. The van der Waals surface area contributed by atoms with Gasteiger partial charge in [0.1, 0.15) is 0 Å². The van der Waals surface area contributed by atoms with Crippen LogP contribution in [0.25, 0.3) is 0 Å². The Bertz CT molecular complexity index is 669. The van der Waals surface area contributed by atoms with Crippen LogP contribution in [0.3, 0.4) is 0 Å². The fourth-order valence-electron chi connectivity index (χ4n) is 3.19. The van der Waals surface area contributed by atoms with E-state index in [1.165, 1.54) is 12.8 Å². The number of nitriles is 1. The van der Waals surface area contributed by atoms with E-state index in [0.29, 0.717) is 18.3 Å². The van der Waals surface area contributed by atoms with Crippen molar-refractivity contribution in [3.05, 3.63) is 24.3 Å². The molecule has 1 aliphatic heterocycles. The molecule has 1 N–H and O–H groups in total. The molecule has 28 heavy (non-hydrogen) atoms. The SMILES string of the molecule is CC(C#N)CSc1ccccc1NC(=O)N(C)CCN(C)C1CCN(C)CC1. The maximum atomic E-state index is 12.6. The third-order valence-corrected chi connectivity index (χ3v) is 6.62. The highest BCUT2D eigenvalue weighted by molar-refractivity contribution is 7.99. The van der Waals surface area contributed by atoms with E-state index in [0.717, 1.165) is 30.2 Å². The second-order valence-corrected chi connectivity index (χ2v) is 8.77. The molecule has 0 aliphatic carbocycles. The van der Waals surface area contributed by atoms with E-state index in [9.17, 15) is 4.79 Å². The van der Waals surface area contributed by atoms with Crippen molar-refractivity contribution in [1.29, 1.82) is 5.26 Å². The first-order valence-corrected chi connectivity index (χ1v) is 10.9. The fraction of sp³-hybridized carbons (Fsp3) is 0.619. The summed E-state index contributed by atoms with van der Waals surface area (Å²) in [6, 6.07) is 10.5. The molecule has 1 aliphatic rings. The first-order chi connectivity index (χ1) is 13.4. The maximum absolute atomic E-state index is 12.6. The molecule has 2 rings (SSSR count). The van der Waals surface area contributed by atoms with E-state index >= 15 is 0 Å². The lowest BCUT2D eigenvalue weighted by atomic mass is 10.0. The number of piperidine rings is 1. The van der Waals surface area contributed by atoms with Gasteiger partial charge in [-0.3, -0.25) is 0 Å². The van der Waals surface area contributed by atoms with Gasteiger partial charge in [-0.15, -0.1) is 11.8 Å². The summed E-state index contributed by atoms with van der Waals surface area (Å²) in [6.07, 6.45) is 2.38. The largest absolute Gasteiger partial charge is 0.326 e. The zero-order valence-electron chi connectivity index (χ0n) is 17.5. The monoisotopic (exact) mass is 403 g/mol. The third kappa shape index (κ3) is 7.01. The molecule has 1 aromatic carbocycles. The Labute approximate surface area is 173 Å². The number of urea groups is 1. The molecule has 7 heteroatoms. The minimum atomic E-state index is -0.0989. The Morgan fingerprint density at radius 2 is 2.00 bits per heavy atom. The second-order valence-electron chi connectivity index (χ2n) is 7.70. The van der Waals surface area contributed by atoms with Gasteiger partial charge in [-0.1, -0.05) is 12.1 Å². The van der Waals surface area contributed by atoms with Crippen LogP contribution in [-0.2, 0) is 0 Å². The number of carbonyl (C=O) groups is 1. The number of likely N-dealkylation sites (tertiary alicyclic amines) is 1. The summed E-state index contributed by atoms with van der Waals surface area (Å²) in [4.78, 5) is 20.1. The van der Waals surface area contributed by atoms with Crippen molar-refractivity contribution in [1.82, 2.24) is 14.7 Å². The van der Waals surface area contributed by atoms with Crippen molar-refractivity contribution in [2.45, 2.75) is 30.7 Å². The molecule has 1 saturated heterocycles. The molecular formula is C21H33N5OS.